The number of rotatable bonds is 3. The van der Waals surface area contributed by atoms with Gasteiger partial charge in [-0.25, -0.2) is 4.79 Å². The normalized spacial score (nSPS) is 29.2. The molecule has 0 saturated heterocycles. The van der Waals surface area contributed by atoms with E-state index >= 15 is 0 Å². The molecule has 0 aliphatic heterocycles. The topological polar surface area (TPSA) is 66.8 Å². The molecule has 140 valence electrons. The molecule has 0 unspecified atom stereocenters. The van der Waals surface area contributed by atoms with Gasteiger partial charge in [0.05, 0.1) is 0 Å². The minimum Gasteiger partial charge on any atom is -0.456 e. The van der Waals surface area contributed by atoms with Gasteiger partial charge in [-0.3, -0.25) is 0 Å². The molecule has 0 atom stereocenters. The van der Waals surface area contributed by atoms with Crippen LogP contribution >= 0.6 is 0 Å². The lowest BCUT2D eigenvalue weighted by atomic mass is 9.67. The molecule has 1 fully saturated rings. The van der Waals surface area contributed by atoms with Crippen LogP contribution in [0, 0.1) is 0 Å². The number of carbonyl (C=O) groups is 1. The molecule has 0 aromatic carbocycles. The van der Waals surface area contributed by atoms with Gasteiger partial charge < -0.3 is 14.9 Å². The molecule has 1 rings (SSSR count). The summed E-state index contributed by atoms with van der Waals surface area (Å²) >= 11 is 0. The number of esters is 1. The van der Waals surface area contributed by atoms with Crippen molar-refractivity contribution < 1.29 is 46.1 Å². The fraction of sp³-hybridized carbons (Fsp3) is 0.786. The zero-order chi connectivity index (χ0) is 19.2. The van der Waals surface area contributed by atoms with Gasteiger partial charge >= 0.3 is 18.3 Å². The van der Waals surface area contributed by atoms with Crippen molar-refractivity contribution in [2.45, 2.75) is 68.7 Å². The summed E-state index contributed by atoms with van der Waals surface area (Å²) in [7, 11) is 0. The van der Waals surface area contributed by atoms with Gasteiger partial charge in [0.1, 0.15) is 11.2 Å². The van der Waals surface area contributed by atoms with E-state index in [1.807, 2.05) is 0 Å². The maximum atomic E-state index is 12.9. The molecule has 1 saturated carbocycles. The fourth-order valence-electron chi connectivity index (χ4n) is 2.66. The summed E-state index contributed by atoms with van der Waals surface area (Å²) in [5, 5.41) is 19.4. The molecule has 0 heterocycles. The number of hydrogen-bond donors (Lipinski definition) is 2. The van der Waals surface area contributed by atoms with Crippen molar-refractivity contribution in [2.24, 2.45) is 0 Å². The van der Waals surface area contributed by atoms with Gasteiger partial charge in [-0.1, -0.05) is 6.58 Å². The monoisotopic (exact) mass is 364 g/mol. The largest absolute Gasteiger partial charge is 0.456 e. The second-order valence-electron chi connectivity index (χ2n) is 6.36. The summed E-state index contributed by atoms with van der Waals surface area (Å²) in [6.45, 7) is 5.98. The van der Waals surface area contributed by atoms with Crippen LogP contribution in [0.15, 0.2) is 12.2 Å². The summed E-state index contributed by atoms with van der Waals surface area (Å²) in [5.41, 5.74) is -10.1. The van der Waals surface area contributed by atoms with Gasteiger partial charge in [-0.2, -0.15) is 26.3 Å². The van der Waals surface area contributed by atoms with Gasteiger partial charge in [0.25, 0.3) is 5.60 Å². The Balaban J connectivity index is 3.09. The van der Waals surface area contributed by atoms with Crippen molar-refractivity contribution >= 4 is 5.97 Å². The van der Waals surface area contributed by atoms with E-state index in [0.717, 1.165) is 0 Å². The molecule has 1 aliphatic carbocycles. The Morgan fingerprint density at radius 1 is 1.04 bits per heavy atom. The predicted molar refractivity (Wildman–Crippen MR) is 69.8 cm³/mol. The fourth-order valence-corrected chi connectivity index (χ4v) is 2.66. The molecular formula is C14H18F6O4. The van der Waals surface area contributed by atoms with E-state index in [1.54, 1.807) is 0 Å². The molecule has 24 heavy (non-hydrogen) atoms. The van der Waals surface area contributed by atoms with E-state index in [-0.39, 0.29) is 5.57 Å². The Hall–Kier alpha value is -1.29. The molecule has 0 aromatic rings. The Morgan fingerprint density at radius 3 is 1.71 bits per heavy atom. The molecule has 0 amide bonds. The summed E-state index contributed by atoms with van der Waals surface area (Å²) in [6.07, 6.45) is -15.3. The van der Waals surface area contributed by atoms with E-state index in [4.69, 9.17) is 4.74 Å². The minimum absolute atomic E-state index is 0.0131. The third-order valence-electron chi connectivity index (χ3n) is 4.32. The second kappa shape index (κ2) is 5.91. The lowest BCUT2D eigenvalue weighted by Crippen LogP contribution is -2.72. The second-order valence-corrected chi connectivity index (χ2v) is 6.36. The van der Waals surface area contributed by atoms with E-state index in [2.05, 4.69) is 6.58 Å². The highest BCUT2D eigenvalue weighted by Crippen LogP contribution is 2.55. The molecule has 1 aliphatic rings. The van der Waals surface area contributed by atoms with Gasteiger partial charge in [-0.05, 0) is 39.5 Å². The summed E-state index contributed by atoms with van der Waals surface area (Å²) < 4.78 is 82.5. The third-order valence-corrected chi connectivity index (χ3v) is 4.32. The maximum Gasteiger partial charge on any atom is 0.429 e. The van der Waals surface area contributed by atoms with E-state index < -0.39 is 60.8 Å². The molecule has 0 spiro atoms. The van der Waals surface area contributed by atoms with Crippen LogP contribution in [0.2, 0.25) is 0 Å². The highest BCUT2D eigenvalue weighted by molar-refractivity contribution is 5.87. The van der Waals surface area contributed by atoms with Crippen LogP contribution in [0.4, 0.5) is 26.3 Å². The molecular weight excluding hydrogens is 346 g/mol. The van der Waals surface area contributed by atoms with Crippen molar-refractivity contribution in [3.63, 3.8) is 0 Å². The summed E-state index contributed by atoms with van der Waals surface area (Å²) in [6, 6.07) is 0. The SMILES string of the molecule is C=C(C)C(=O)OC1(C)CCC(O)(C(O)(C(F)(F)F)C(F)(F)F)CC1. The Labute approximate surface area is 134 Å². The average Bonchev–Trinajstić information content (AvgIpc) is 2.39. The highest BCUT2D eigenvalue weighted by atomic mass is 19.4. The van der Waals surface area contributed by atoms with Crippen LogP contribution in [0.25, 0.3) is 0 Å². The summed E-state index contributed by atoms with van der Waals surface area (Å²) in [4.78, 5) is 11.5. The van der Waals surface area contributed by atoms with Crippen molar-refractivity contribution in [1.29, 1.82) is 0 Å². The number of alkyl halides is 6. The van der Waals surface area contributed by atoms with E-state index in [0.29, 0.717) is 0 Å². The zero-order valence-corrected chi connectivity index (χ0v) is 13.0. The number of aliphatic hydroxyl groups is 2. The Kier molecular flexibility index (Phi) is 5.11. The molecule has 2 N–H and O–H groups in total. The van der Waals surface area contributed by atoms with E-state index in [1.165, 1.54) is 13.8 Å². The molecule has 0 radical (unpaired) electrons. The molecule has 10 heteroatoms. The van der Waals surface area contributed by atoms with E-state index in [9.17, 15) is 41.4 Å². The van der Waals surface area contributed by atoms with Gasteiger partial charge in [0.15, 0.2) is 0 Å². The Bertz CT molecular complexity index is 500. The summed E-state index contributed by atoms with van der Waals surface area (Å²) in [5.74, 6) is -0.843. The Morgan fingerprint density at radius 2 is 1.42 bits per heavy atom. The lowest BCUT2D eigenvalue weighted by molar-refractivity contribution is -0.418. The number of carbonyl (C=O) groups excluding carboxylic acids is 1. The first-order valence-corrected chi connectivity index (χ1v) is 6.96. The van der Waals surface area contributed by atoms with Crippen LogP contribution in [0.5, 0.6) is 0 Å². The predicted octanol–water partition coefficient (Wildman–Crippen LogP) is 3.03. The van der Waals surface area contributed by atoms with Crippen molar-refractivity contribution in [3.05, 3.63) is 12.2 Å². The number of halogens is 6. The number of hydrogen-bond acceptors (Lipinski definition) is 4. The highest BCUT2D eigenvalue weighted by Gasteiger charge is 2.79. The average molecular weight is 364 g/mol. The maximum absolute atomic E-state index is 12.9. The lowest BCUT2D eigenvalue weighted by Gasteiger charge is -2.49. The standard InChI is InChI=1S/C14H18F6O4/c1-8(2)9(21)24-10(3)4-6-11(22,7-5-10)12(23,13(15,16)17)14(18,19)20/h22-23H,1,4-7H2,2-3H3. The van der Waals surface area contributed by atoms with Crippen LogP contribution in [0.3, 0.4) is 0 Å². The van der Waals surface area contributed by atoms with Crippen molar-refractivity contribution in [2.75, 3.05) is 0 Å². The quantitative estimate of drug-likeness (QED) is 0.459. The first-order chi connectivity index (χ1) is 10.5. The van der Waals surface area contributed by atoms with Crippen LogP contribution in [-0.2, 0) is 9.53 Å². The van der Waals surface area contributed by atoms with Gasteiger partial charge in [0, 0.05) is 5.57 Å². The smallest absolute Gasteiger partial charge is 0.429 e. The van der Waals surface area contributed by atoms with Crippen molar-refractivity contribution in [3.8, 4) is 0 Å². The van der Waals surface area contributed by atoms with Crippen LogP contribution in [-0.4, -0.2) is 45.3 Å². The third kappa shape index (κ3) is 3.39. The van der Waals surface area contributed by atoms with Crippen molar-refractivity contribution in [1.82, 2.24) is 0 Å². The minimum atomic E-state index is -6.12. The first-order valence-electron chi connectivity index (χ1n) is 6.96. The van der Waals surface area contributed by atoms with Gasteiger partial charge in [0.2, 0.25) is 0 Å². The first kappa shape index (κ1) is 20.8. The van der Waals surface area contributed by atoms with Crippen LogP contribution < -0.4 is 0 Å². The molecule has 0 aromatic heterocycles. The van der Waals surface area contributed by atoms with Gasteiger partial charge in [-0.15, -0.1) is 0 Å². The van der Waals surface area contributed by atoms with Crippen LogP contribution in [0.1, 0.15) is 39.5 Å². The zero-order valence-electron chi connectivity index (χ0n) is 13.0. The molecule has 4 nitrogen and oxygen atoms in total. The number of ether oxygens (including phenoxy) is 1. The molecule has 0 bridgehead atoms.